The van der Waals surface area contributed by atoms with Crippen molar-refractivity contribution in [3.8, 4) is 11.6 Å². The first-order valence-corrected chi connectivity index (χ1v) is 12.0. The van der Waals surface area contributed by atoms with Crippen molar-refractivity contribution < 1.29 is 28.2 Å². The number of benzene rings is 1. The molecule has 0 aliphatic heterocycles. The number of rotatable bonds is 10. The molecule has 196 valence electrons. The summed E-state index contributed by atoms with van der Waals surface area (Å²) in [5.74, 6) is 0.834. The van der Waals surface area contributed by atoms with Crippen LogP contribution >= 0.6 is 0 Å². The maximum Gasteiger partial charge on any atom is 0.333 e. The van der Waals surface area contributed by atoms with Crippen LogP contribution in [0.1, 0.15) is 62.6 Å². The molecule has 11 heteroatoms. The molecule has 9 nitrogen and oxygen atoms in total. The predicted molar refractivity (Wildman–Crippen MR) is 129 cm³/mol. The van der Waals surface area contributed by atoms with Crippen LogP contribution in [0.15, 0.2) is 24.4 Å². The molecule has 1 fully saturated rings. The number of ether oxygens (including phenoxy) is 2. The third-order valence-electron chi connectivity index (χ3n) is 6.17. The highest BCUT2D eigenvalue weighted by molar-refractivity contribution is 6.05. The van der Waals surface area contributed by atoms with Gasteiger partial charge in [0.05, 0.1) is 11.1 Å². The summed E-state index contributed by atoms with van der Waals surface area (Å²) >= 11 is 0. The molecule has 1 atom stereocenters. The number of carbonyl (C=O) groups excluding carboxylic acids is 1. The fourth-order valence-corrected chi connectivity index (χ4v) is 4.46. The summed E-state index contributed by atoms with van der Waals surface area (Å²) < 4.78 is 41.0. The summed E-state index contributed by atoms with van der Waals surface area (Å²) in [6, 6.07) is 4.34. The van der Waals surface area contributed by atoms with Crippen molar-refractivity contribution in [2.24, 2.45) is 13.0 Å². The van der Waals surface area contributed by atoms with Gasteiger partial charge in [0.1, 0.15) is 18.5 Å². The largest absolute Gasteiger partial charge is 0.491 e. The molecule has 4 rings (SSSR count). The summed E-state index contributed by atoms with van der Waals surface area (Å²) in [7, 11) is 1.85. The van der Waals surface area contributed by atoms with Gasteiger partial charge in [-0.1, -0.05) is 0 Å². The Labute approximate surface area is 208 Å². The van der Waals surface area contributed by atoms with E-state index < -0.39 is 18.1 Å². The molecule has 0 bridgehead atoms. The predicted octanol–water partition coefficient (Wildman–Crippen LogP) is 3.99. The van der Waals surface area contributed by atoms with Gasteiger partial charge < -0.3 is 19.9 Å². The topological polar surface area (TPSA) is 103 Å². The summed E-state index contributed by atoms with van der Waals surface area (Å²) in [4.78, 5) is 12.9. The molecule has 3 aromatic rings. The molecule has 2 aromatic heterocycles. The average Bonchev–Trinajstić information content (AvgIpc) is 3.29. The van der Waals surface area contributed by atoms with E-state index in [1.807, 2.05) is 27.1 Å². The van der Waals surface area contributed by atoms with E-state index in [0.717, 1.165) is 24.8 Å². The van der Waals surface area contributed by atoms with E-state index in [-0.39, 0.29) is 30.0 Å². The van der Waals surface area contributed by atoms with E-state index in [2.05, 4.69) is 15.5 Å². The number of halogens is 2. The Balaban J connectivity index is 1.36. The van der Waals surface area contributed by atoms with Crippen molar-refractivity contribution in [3.05, 3.63) is 35.7 Å². The van der Waals surface area contributed by atoms with Gasteiger partial charge >= 0.3 is 6.55 Å². The van der Waals surface area contributed by atoms with Crippen molar-refractivity contribution in [2.75, 3.05) is 6.61 Å². The van der Waals surface area contributed by atoms with Gasteiger partial charge in [-0.25, -0.2) is 4.68 Å². The number of aromatic nitrogens is 4. The van der Waals surface area contributed by atoms with Crippen LogP contribution in [0.5, 0.6) is 11.6 Å². The third kappa shape index (κ3) is 5.95. The number of carbonyl (C=O) groups is 1. The van der Waals surface area contributed by atoms with Crippen LogP contribution in [-0.4, -0.2) is 54.9 Å². The Bertz CT molecular complexity index is 1230. The zero-order valence-corrected chi connectivity index (χ0v) is 21.2. The summed E-state index contributed by atoms with van der Waals surface area (Å²) in [6.07, 6.45) is 4.49. The molecular weight excluding hydrogens is 472 g/mol. The standard InChI is InChI=1S/C25H33F2N5O4/c1-14-12-31(5)30-23(14)36-18-9-16(10-18)8-15(2)28-22(33)21-19-7-6-17(35-13-25(3,4)34)11-20(19)32(29-21)24(26)27/h6-7,11-12,15-16,18,24,34H,8-10,13H2,1-5H3,(H,28,33)/t15-,16?,18?/m0/s1. The molecule has 0 saturated heterocycles. The van der Waals surface area contributed by atoms with Gasteiger partial charge in [0.15, 0.2) is 5.69 Å². The number of alkyl halides is 2. The minimum absolute atomic E-state index is 0.0132. The van der Waals surface area contributed by atoms with Gasteiger partial charge in [-0.05, 0) is 65.0 Å². The van der Waals surface area contributed by atoms with Crippen LogP contribution in [0, 0.1) is 12.8 Å². The zero-order valence-electron chi connectivity index (χ0n) is 21.2. The Hall–Kier alpha value is -3.21. The molecule has 0 spiro atoms. The molecule has 2 heterocycles. The number of fused-ring (bicyclic) bond motifs is 1. The third-order valence-corrected chi connectivity index (χ3v) is 6.17. The van der Waals surface area contributed by atoms with Crippen LogP contribution in [0.25, 0.3) is 10.9 Å². The SMILES string of the molecule is Cc1cn(C)nc1OC1CC(C[C@H](C)NC(=O)c2nn(C(F)F)c3cc(OCC(C)(C)O)ccc23)C1. The highest BCUT2D eigenvalue weighted by atomic mass is 19.3. The number of nitrogens with one attached hydrogen (secondary N) is 1. The average molecular weight is 506 g/mol. The van der Waals surface area contributed by atoms with E-state index in [0.29, 0.717) is 27.6 Å². The van der Waals surface area contributed by atoms with Crippen molar-refractivity contribution in [3.63, 3.8) is 0 Å². The second kappa shape index (κ2) is 10.0. The van der Waals surface area contributed by atoms with Crippen LogP contribution in [0.4, 0.5) is 8.78 Å². The first kappa shape index (κ1) is 25.9. The van der Waals surface area contributed by atoms with Gasteiger partial charge in [-0.2, -0.15) is 13.9 Å². The molecular formula is C25H33F2N5O4. The number of aryl methyl sites for hydroxylation is 2. The normalized spacial score (nSPS) is 18.8. The first-order chi connectivity index (χ1) is 16.9. The lowest BCUT2D eigenvalue weighted by molar-refractivity contribution is 0.0284. The number of amides is 1. The van der Waals surface area contributed by atoms with Gasteiger partial charge in [0.2, 0.25) is 5.88 Å². The maximum absolute atomic E-state index is 13.7. The number of hydrogen-bond donors (Lipinski definition) is 2. The lowest BCUT2D eigenvalue weighted by Crippen LogP contribution is -2.40. The summed E-state index contributed by atoms with van der Waals surface area (Å²) in [5.41, 5.74) is -0.0669. The second-order valence-corrected chi connectivity index (χ2v) is 10.3. The van der Waals surface area contributed by atoms with Gasteiger partial charge in [-0.3, -0.25) is 9.48 Å². The lowest BCUT2D eigenvalue weighted by Gasteiger charge is -2.36. The van der Waals surface area contributed by atoms with Crippen LogP contribution in [0.2, 0.25) is 0 Å². The van der Waals surface area contributed by atoms with Gasteiger partial charge in [-0.15, -0.1) is 5.10 Å². The minimum Gasteiger partial charge on any atom is -0.491 e. The molecule has 1 saturated carbocycles. The first-order valence-electron chi connectivity index (χ1n) is 12.0. The maximum atomic E-state index is 13.7. The monoisotopic (exact) mass is 505 g/mol. The van der Waals surface area contributed by atoms with E-state index in [9.17, 15) is 18.7 Å². The highest BCUT2D eigenvalue weighted by Crippen LogP contribution is 2.35. The Morgan fingerprint density at radius 3 is 2.64 bits per heavy atom. The lowest BCUT2D eigenvalue weighted by atomic mass is 9.78. The minimum atomic E-state index is -2.93. The molecule has 0 unspecified atom stereocenters. The quantitative estimate of drug-likeness (QED) is 0.432. The molecule has 1 aliphatic rings. The van der Waals surface area contributed by atoms with Crippen LogP contribution in [-0.2, 0) is 7.05 Å². The van der Waals surface area contributed by atoms with E-state index in [1.165, 1.54) is 12.1 Å². The fourth-order valence-electron chi connectivity index (χ4n) is 4.46. The number of aliphatic hydroxyl groups is 1. The second-order valence-electron chi connectivity index (χ2n) is 10.3. The smallest absolute Gasteiger partial charge is 0.333 e. The van der Waals surface area contributed by atoms with Crippen molar-refractivity contribution in [1.29, 1.82) is 0 Å². The number of hydrogen-bond acceptors (Lipinski definition) is 6. The molecule has 0 radical (unpaired) electrons. The van der Waals surface area contributed by atoms with Gasteiger partial charge in [0.25, 0.3) is 5.91 Å². The molecule has 2 N–H and O–H groups in total. The van der Waals surface area contributed by atoms with E-state index in [4.69, 9.17) is 9.47 Å². The van der Waals surface area contributed by atoms with Crippen molar-refractivity contribution >= 4 is 16.8 Å². The highest BCUT2D eigenvalue weighted by Gasteiger charge is 2.33. The molecule has 36 heavy (non-hydrogen) atoms. The van der Waals surface area contributed by atoms with Crippen LogP contribution < -0.4 is 14.8 Å². The molecule has 1 aromatic carbocycles. The molecule has 1 aliphatic carbocycles. The summed E-state index contributed by atoms with van der Waals surface area (Å²) in [5, 5.41) is 21.3. The number of nitrogens with zero attached hydrogens (tertiary/aromatic N) is 4. The zero-order chi connectivity index (χ0) is 26.2. The van der Waals surface area contributed by atoms with Crippen LogP contribution in [0.3, 0.4) is 0 Å². The van der Waals surface area contributed by atoms with E-state index in [1.54, 1.807) is 24.6 Å². The Morgan fingerprint density at radius 1 is 1.31 bits per heavy atom. The van der Waals surface area contributed by atoms with Crippen molar-refractivity contribution in [2.45, 2.75) is 71.3 Å². The fraction of sp³-hybridized carbons (Fsp3) is 0.560. The Kier molecular flexibility index (Phi) is 7.21. The van der Waals surface area contributed by atoms with E-state index >= 15 is 0 Å². The van der Waals surface area contributed by atoms with Crippen molar-refractivity contribution in [1.82, 2.24) is 24.9 Å². The van der Waals surface area contributed by atoms with Gasteiger partial charge in [0, 0.05) is 36.3 Å². The molecule has 1 amide bonds. The summed E-state index contributed by atoms with van der Waals surface area (Å²) in [6.45, 7) is 4.07. The Morgan fingerprint density at radius 2 is 2.03 bits per heavy atom.